The molecule has 1 aromatic heterocycles. The smallest absolute Gasteiger partial charge is 0.508 e. The molecule has 172 valence electrons. The predicted molar refractivity (Wildman–Crippen MR) is 115 cm³/mol. The molecule has 10 heteroatoms. The Hall–Kier alpha value is -3.87. The third kappa shape index (κ3) is 4.67. The van der Waals surface area contributed by atoms with E-state index in [-0.39, 0.29) is 23.2 Å². The van der Waals surface area contributed by atoms with Crippen molar-refractivity contribution in [1.29, 1.82) is 5.26 Å². The number of anilines is 1. The van der Waals surface area contributed by atoms with Gasteiger partial charge in [-0.2, -0.15) is 5.26 Å². The van der Waals surface area contributed by atoms with E-state index in [0.717, 1.165) is 0 Å². The number of aromatic nitrogens is 1. The van der Waals surface area contributed by atoms with Gasteiger partial charge in [0.1, 0.15) is 35.0 Å². The van der Waals surface area contributed by atoms with Gasteiger partial charge >= 0.3 is 6.36 Å². The van der Waals surface area contributed by atoms with Crippen LogP contribution in [0.25, 0.3) is 10.9 Å². The van der Waals surface area contributed by atoms with Crippen molar-refractivity contribution < 1.29 is 27.8 Å². The van der Waals surface area contributed by atoms with Crippen LogP contribution in [0.2, 0.25) is 0 Å². The number of hydrogen-bond donors (Lipinski definition) is 1. The first-order chi connectivity index (χ1) is 15.7. The van der Waals surface area contributed by atoms with Gasteiger partial charge in [-0.3, -0.25) is 4.79 Å². The summed E-state index contributed by atoms with van der Waals surface area (Å²) in [6.07, 6.45) is -3.80. The lowest BCUT2D eigenvalue weighted by molar-refractivity contribution is -0.274. The third-order valence-corrected chi connectivity index (χ3v) is 5.58. The number of aromatic hydroxyl groups is 1. The van der Waals surface area contributed by atoms with Gasteiger partial charge in [0.25, 0.3) is 5.56 Å². The minimum absolute atomic E-state index is 0.00946. The molecule has 1 fully saturated rings. The van der Waals surface area contributed by atoms with Crippen LogP contribution in [0.15, 0.2) is 47.3 Å². The topological polar surface area (TPSA) is 87.7 Å². The number of phenols is 1. The lowest BCUT2D eigenvalue weighted by Crippen LogP contribution is -2.40. The van der Waals surface area contributed by atoms with E-state index in [2.05, 4.69) is 4.74 Å². The Balaban J connectivity index is 1.52. The lowest BCUT2D eigenvalue weighted by atomic mass is 10.0. The zero-order chi connectivity index (χ0) is 23.8. The molecule has 0 saturated carbocycles. The van der Waals surface area contributed by atoms with Crippen molar-refractivity contribution in [2.24, 2.45) is 7.05 Å². The van der Waals surface area contributed by atoms with Gasteiger partial charge in [-0.05, 0) is 42.5 Å². The maximum atomic E-state index is 12.7. The number of halogens is 3. The minimum Gasteiger partial charge on any atom is -0.508 e. The number of pyridine rings is 1. The lowest BCUT2D eigenvalue weighted by Gasteiger charge is -2.35. The molecule has 7 nitrogen and oxygen atoms in total. The number of phenolic OH excluding ortho intramolecular Hbond substituents is 1. The number of aryl methyl sites for hydroxylation is 1. The summed E-state index contributed by atoms with van der Waals surface area (Å²) in [5.41, 5.74) is 0.686. The monoisotopic (exact) mass is 459 g/mol. The summed E-state index contributed by atoms with van der Waals surface area (Å²) in [4.78, 5) is 14.7. The number of nitriles is 1. The number of alkyl halides is 3. The molecule has 33 heavy (non-hydrogen) atoms. The standard InChI is InChI=1S/C23H20F3N3O4/c1-28-20-7-2-14(30)12-18(20)21(19(13-27)22(28)31)29-10-8-16(9-11-29)32-15-3-5-17(6-4-15)33-23(24,25)26/h2-7,12,16,30H,8-11H2,1H3. The van der Waals surface area contributed by atoms with Crippen LogP contribution in [0.4, 0.5) is 18.9 Å². The Kier molecular flexibility index (Phi) is 5.80. The second-order valence-electron chi connectivity index (χ2n) is 7.72. The van der Waals surface area contributed by atoms with E-state index in [1.54, 1.807) is 13.1 Å². The first kappa shape index (κ1) is 22.3. The quantitative estimate of drug-likeness (QED) is 0.633. The van der Waals surface area contributed by atoms with Gasteiger partial charge < -0.3 is 24.0 Å². The van der Waals surface area contributed by atoms with E-state index in [0.29, 0.717) is 48.3 Å². The molecule has 1 aliphatic rings. The maximum Gasteiger partial charge on any atom is 0.573 e. The molecule has 0 radical (unpaired) electrons. The molecule has 0 atom stereocenters. The van der Waals surface area contributed by atoms with Crippen molar-refractivity contribution in [3.8, 4) is 23.3 Å². The van der Waals surface area contributed by atoms with Crippen LogP contribution >= 0.6 is 0 Å². The first-order valence-corrected chi connectivity index (χ1v) is 10.2. The van der Waals surface area contributed by atoms with E-state index in [9.17, 15) is 28.3 Å². The molecule has 1 saturated heterocycles. The van der Waals surface area contributed by atoms with Crippen molar-refractivity contribution in [3.63, 3.8) is 0 Å². The van der Waals surface area contributed by atoms with Crippen molar-refractivity contribution in [3.05, 3.63) is 58.4 Å². The van der Waals surface area contributed by atoms with Crippen LogP contribution in [-0.2, 0) is 7.05 Å². The van der Waals surface area contributed by atoms with Crippen molar-refractivity contribution in [2.45, 2.75) is 25.3 Å². The minimum atomic E-state index is -4.75. The van der Waals surface area contributed by atoms with Crippen LogP contribution in [0.3, 0.4) is 0 Å². The molecule has 4 rings (SSSR count). The number of ether oxygens (including phenoxy) is 2. The van der Waals surface area contributed by atoms with Crippen LogP contribution < -0.4 is 19.9 Å². The van der Waals surface area contributed by atoms with E-state index < -0.39 is 11.9 Å². The summed E-state index contributed by atoms with van der Waals surface area (Å²) in [6.45, 7) is 0.985. The zero-order valence-electron chi connectivity index (χ0n) is 17.6. The van der Waals surface area contributed by atoms with Gasteiger partial charge in [0.15, 0.2) is 0 Å². The van der Waals surface area contributed by atoms with Gasteiger partial charge in [0, 0.05) is 38.4 Å². The Bertz CT molecular complexity index is 1270. The SMILES string of the molecule is Cn1c(=O)c(C#N)c(N2CCC(Oc3ccc(OC(F)(F)F)cc3)CC2)c2cc(O)ccc21. The second kappa shape index (κ2) is 8.58. The second-order valence-corrected chi connectivity index (χ2v) is 7.72. The average molecular weight is 459 g/mol. The Morgan fingerprint density at radius 2 is 1.73 bits per heavy atom. The number of fused-ring (bicyclic) bond motifs is 1. The predicted octanol–water partition coefficient (Wildman–Crippen LogP) is 4.06. The van der Waals surface area contributed by atoms with Gasteiger partial charge in [0.05, 0.1) is 11.2 Å². The van der Waals surface area contributed by atoms with Crippen molar-refractivity contribution in [1.82, 2.24) is 4.57 Å². The van der Waals surface area contributed by atoms with Gasteiger partial charge in [-0.1, -0.05) is 0 Å². The van der Waals surface area contributed by atoms with Crippen LogP contribution in [0, 0.1) is 11.3 Å². The van der Waals surface area contributed by atoms with Crippen molar-refractivity contribution >= 4 is 16.6 Å². The molecular formula is C23H20F3N3O4. The van der Waals surface area contributed by atoms with Crippen LogP contribution in [0.1, 0.15) is 18.4 Å². The molecule has 2 heterocycles. The zero-order valence-corrected chi connectivity index (χ0v) is 17.6. The van der Waals surface area contributed by atoms with E-state index in [4.69, 9.17) is 4.74 Å². The fraction of sp³-hybridized carbons (Fsp3) is 0.304. The molecule has 3 aromatic rings. The molecule has 0 amide bonds. The highest BCUT2D eigenvalue weighted by Crippen LogP contribution is 2.33. The number of piperidine rings is 1. The highest BCUT2D eigenvalue weighted by Gasteiger charge is 2.31. The summed E-state index contributed by atoms with van der Waals surface area (Å²) in [5, 5.41) is 20.3. The number of rotatable bonds is 4. The molecule has 0 unspecified atom stereocenters. The molecule has 2 aromatic carbocycles. The summed E-state index contributed by atoms with van der Waals surface area (Å²) < 4.78 is 48.0. The van der Waals surface area contributed by atoms with Crippen LogP contribution in [-0.4, -0.2) is 35.2 Å². The molecule has 0 spiro atoms. The number of benzene rings is 2. The van der Waals surface area contributed by atoms with Gasteiger partial charge in [0.2, 0.25) is 0 Å². The molecule has 1 N–H and O–H groups in total. The molecular weight excluding hydrogens is 439 g/mol. The summed E-state index contributed by atoms with van der Waals surface area (Å²) in [6, 6.07) is 11.9. The first-order valence-electron chi connectivity index (χ1n) is 10.2. The van der Waals surface area contributed by atoms with Gasteiger partial charge in [-0.15, -0.1) is 13.2 Å². The van der Waals surface area contributed by atoms with E-state index >= 15 is 0 Å². The van der Waals surface area contributed by atoms with Crippen LogP contribution in [0.5, 0.6) is 17.2 Å². The summed E-state index contributed by atoms with van der Waals surface area (Å²) >= 11 is 0. The summed E-state index contributed by atoms with van der Waals surface area (Å²) in [7, 11) is 1.58. The Labute approximate surface area is 186 Å². The Morgan fingerprint density at radius 1 is 1.09 bits per heavy atom. The fourth-order valence-corrected chi connectivity index (χ4v) is 4.06. The fourth-order valence-electron chi connectivity index (χ4n) is 4.06. The Morgan fingerprint density at radius 3 is 2.33 bits per heavy atom. The van der Waals surface area contributed by atoms with Gasteiger partial charge in [-0.25, -0.2) is 0 Å². The van der Waals surface area contributed by atoms with E-state index in [1.165, 1.54) is 41.0 Å². The van der Waals surface area contributed by atoms with Crippen molar-refractivity contribution in [2.75, 3.05) is 18.0 Å². The van der Waals surface area contributed by atoms with E-state index in [1.807, 2.05) is 11.0 Å². The number of nitrogens with zero attached hydrogens (tertiary/aromatic N) is 3. The largest absolute Gasteiger partial charge is 0.573 e. The normalized spacial score (nSPS) is 14.8. The average Bonchev–Trinajstić information content (AvgIpc) is 2.77. The summed E-state index contributed by atoms with van der Waals surface area (Å²) in [5.74, 6) is 0.126. The highest BCUT2D eigenvalue weighted by atomic mass is 19.4. The molecule has 0 aliphatic carbocycles. The number of hydrogen-bond acceptors (Lipinski definition) is 6. The highest BCUT2D eigenvalue weighted by molar-refractivity contribution is 5.95. The molecule has 1 aliphatic heterocycles. The third-order valence-electron chi connectivity index (χ3n) is 5.58. The maximum absolute atomic E-state index is 12.7. The molecule has 0 bridgehead atoms.